The highest BCUT2D eigenvalue weighted by molar-refractivity contribution is 9.10. The largest absolute Gasteiger partial charge is 0.364 e. The summed E-state index contributed by atoms with van der Waals surface area (Å²) in [6.07, 6.45) is -4.84. The standard InChI is InChI=1S/C10H6BrClF4O/c11-6-2-1-5(7(12)4-6)3-8(17)10(15,16)9(13)14/h1-2,4,9H,3H2. The van der Waals surface area contributed by atoms with Crippen LogP contribution in [0.4, 0.5) is 17.6 Å². The molecule has 1 rings (SSSR count). The van der Waals surface area contributed by atoms with Crippen LogP contribution in [0.1, 0.15) is 5.56 Å². The Balaban J connectivity index is 2.89. The van der Waals surface area contributed by atoms with Crippen molar-refractivity contribution in [2.45, 2.75) is 18.8 Å². The maximum Gasteiger partial charge on any atom is 0.364 e. The molecule has 17 heavy (non-hydrogen) atoms. The van der Waals surface area contributed by atoms with Gasteiger partial charge in [0.15, 0.2) is 0 Å². The Hall–Kier alpha value is -0.620. The van der Waals surface area contributed by atoms with Crippen molar-refractivity contribution in [1.29, 1.82) is 0 Å². The van der Waals surface area contributed by atoms with Crippen molar-refractivity contribution in [1.82, 2.24) is 0 Å². The Bertz CT molecular complexity index is 436. The summed E-state index contributed by atoms with van der Waals surface area (Å²) in [5.74, 6) is -6.49. The van der Waals surface area contributed by atoms with Crippen molar-refractivity contribution in [2.75, 3.05) is 0 Å². The van der Waals surface area contributed by atoms with E-state index in [9.17, 15) is 22.4 Å². The molecule has 0 unspecified atom stereocenters. The molecule has 1 aromatic rings. The molecule has 0 atom stereocenters. The van der Waals surface area contributed by atoms with E-state index in [-0.39, 0.29) is 10.6 Å². The predicted molar refractivity (Wildman–Crippen MR) is 58.8 cm³/mol. The molecule has 0 spiro atoms. The second kappa shape index (κ2) is 5.35. The minimum Gasteiger partial charge on any atom is -0.292 e. The number of hydrogen-bond donors (Lipinski definition) is 0. The van der Waals surface area contributed by atoms with Crippen molar-refractivity contribution in [3.63, 3.8) is 0 Å². The zero-order valence-electron chi connectivity index (χ0n) is 8.19. The Kier molecular flexibility index (Phi) is 4.55. The number of carbonyl (C=O) groups excluding carboxylic acids is 1. The Morgan fingerprint density at radius 2 is 2.00 bits per heavy atom. The number of Topliss-reactive ketones (excluding diaryl/α,β-unsaturated/α-hetero) is 1. The molecular weight excluding hydrogens is 327 g/mol. The first-order chi connectivity index (χ1) is 7.75. The lowest BCUT2D eigenvalue weighted by atomic mass is 10.1. The molecule has 0 amide bonds. The maximum atomic E-state index is 12.7. The summed E-state index contributed by atoms with van der Waals surface area (Å²) in [5, 5.41) is 0.0674. The van der Waals surface area contributed by atoms with Crippen LogP contribution in [-0.4, -0.2) is 18.1 Å². The van der Waals surface area contributed by atoms with Crippen LogP contribution in [0.2, 0.25) is 5.02 Å². The van der Waals surface area contributed by atoms with E-state index in [0.717, 1.165) is 0 Å². The van der Waals surface area contributed by atoms with E-state index in [2.05, 4.69) is 15.9 Å². The molecule has 94 valence electrons. The van der Waals surface area contributed by atoms with Gasteiger partial charge in [0.2, 0.25) is 5.78 Å². The van der Waals surface area contributed by atoms with Crippen molar-refractivity contribution in [3.8, 4) is 0 Å². The summed E-state index contributed by atoms with van der Waals surface area (Å²) < 4.78 is 49.8. The van der Waals surface area contributed by atoms with E-state index in [1.54, 1.807) is 0 Å². The van der Waals surface area contributed by atoms with Crippen LogP contribution < -0.4 is 0 Å². The summed E-state index contributed by atoms with van der Waals surface area (Å²) in [4.78, 5) is 11.0. The highest BCUT2D eigenvalue weighted by Crippen LogP contribution is 2.28. The second-order valence-electron chi connectivity index (χ2n) is 3.26. The summed E-state index contributed by atoms with van der Waals surface area (Å²) in [6.45, 7) is 0. The summed E-state index contributed by atoms with van der Waals surface area (Å²) in [7, 11) is 0. The zero-order valence-corrected chi connectivity index (χ0v) is 10.5. The molecule has 0 bridgehead atoms. The molecule has 0 aliphatic carbocycles. The number of halogens is 6. The number of hydrogen-bond acceptors (Lipinski definition) is 1. The molecule has 1 aromatic carbocycles. The zero-order chi connectivity index (χ0) is 13.2. The lowest BCUT2D eigenvalue weighted by Crippen LogP contribution is -2.37. The smallest absolute Gasteiger partial charge is 0.292 e. The average molecular weight is 334 g/mol. The van der Waals surface area contributed by atoms with Gasteiger partial charge >= 0.3 is 12.3 Å². The molecule has 7 heteroatoms. The minimum absolute atomic E-state index is 0.0674. The highest BCUT2D eigenvalue weighted by Gasteiger charge is 2.48. The van der Waals surface area contributed by atoms with Gasteiger partial charge in [0.1, 0.15) is 0 Å². The van der Waals surface area contributed by atoms with Crippen LogP contribution in [0.3, 0.4) is 0 Å². The van der Waals surface area contributed by atoms with E-state index < -0.39 is 24.6 Å². The normalized spacial score (nSPS) is 11.9. The van der Waals surface area contributed by atoms with Crippen LogP contribution in [-0.2, 0) is 11.2 Å². The van der Waals surface area contributed by atoms with Gasteiger partial charge in [-0.25, -0.2) is 8.78 Å². The van der Waals surface area contributed by atoms with Gasteiger partial charge < -0.3 is 0 Å². The predicted octanol–water partition coefficient (Wildman–Crippen LogP) is 4.11. The van der Waals surface area contributed by atoms with Gasteiger partial charge in [0.25, 0.3) is 0 Å². The third-order valence-electron chi connectivity index (χ3n) is 2.01. The first-order valence-electron chi connectivity index (χ1n) is 4.38. The first kappa shape index (κ1) is 14.4. The van der Waals surface area contributed by atoms with Crippen molar-refractivity contribution < 1.29 is 22.4 Å². The van der Waals surface area contributed by atoms with Crippen molar-refractivity contribution in [2.24, 2.45) is 0 Å². The molecule has 0 heterocycles. The number of alkyl halides is 4. The van der Waals surface area contributed by atoms with E-state index in [1.807, 2.05) is 0 Å². The number of benzene rings is 1. The summed E-state index contributed by atoms with van der Waals surface area (Å²) in [5.41, 5.74) is 0.0835. The van der Waals surface area contributed by atoms with Crippen LogP contribution >= 0.6 is 27.5 Å². The number of ketones is 1. The molecule has 0 saturated carbocycles. The minimum atomic E-state index is -4.64. The third-order valence-corrected chi connectivity index (χ3v) is 2.86. The quantitative estimate of drug-likeness (QED) is 0.758. The maximum absolute atomic E-state index is 12.7. The van der Waals surface area contributed by atoms with E-state index >= 15 is 0 Å². The Morgan fingerprint density at radius 1 is 1.41 bits per heavy atom. The number of carbonyl (C=O) groups is 1. The fraction of sp³-hybridized carbons (Fsp3) is 0.300. The monoisotopic (exact) mass is 332 g/mol. The molecule has 0 fully saturated rings. The summed E-state index contributed by atoms with van der Waals surface area (Å²) >= 11 is 8.78. The third kappa shape index (κ3) is 3.42. The Morgan fingerprint density at radius 3 is 2.47 bits per heavy atom. The van der Waals surface area contributed by atoms with Crippen LogP contribution in [0, 0.1) is 0 Å². The van der Waals surface area contributed by atoms with Gasteiger partial charge in [-0.3, -0.25) is 4.79 Å². The van der Waals surface area contributed by atoms with E-state index in [4.69, 9.17) is 11.6 Å². The lowest BCUT2D eigenvalue weighted by molar-refractivity contribution is -0.166. The second-order valence-corrected chi connectivity index (χ2v) is 4.58. The van der Waals surface area contributed by atoms with E-state index in [0.29, 0.717) is 4.47 Å². The van der Waals surface area contributed by atoms with Gasteiger partial charge in [-0.15, -0.1) is 0 Å². The van der Waals surface area contributed by atoms with E-state index in [1.165, 1.54) is 18.2 Å². The van der Waals surface area contributed by atoms with Crippen LogP contribution in [0.5, 0.6) is 0 Å². The molecule has 0 aliphatic heterocycles. The molecule has 0 N–H and O–H groups in total. The molecule has 0 saturated heterocycles. The topological polar surface area (TPSA) is 17.1 Å². The fourth-order valence-electron chi connectivity index (χ4n) is 1.08. The fourth-order valence-corrected chi connectivity index (χ4v) is 1.82. The molecule has 0 aliphatic rings. The number of rotatable bonds is 4. The highest BCUT2D eigenvalue weighted by atomic mass is 79.9. The SMILES string of the molecule is O=C(Cc1ccc(Br)cc1Cl)C(F)(F)C(F)F. The van der Waals surface area contributed by atoms with Gasteiger partial charge in [0.05, 0.1) is 0 Å². The van der Waals surface area contributed by atoms with Gasteiger partial charge in [-0.1, -0.05) is 33.6 Å². The average Bonchev–Trinajstić information content (AvgIpc) is 2.21. The summed E-state index contributed by atoms with van der Waals surface area (Å²) in [6, 6.07) is 4.20. The molecular formula is C10H6BrClF4O. The first-order valence-corrected chi connectivity index (χ1v) is 5.55. The lowest BCUT2D eigenvalue weighted by Gasteiger charge is -2.14. The van der Waals surface area contributed by atoms with Crippen molar-refractivity contribution >= 4 is 33.3 Å². The van der Waals surface area contributed by atoms with Gasteiger partial charge in [-0.05, 0) is 17.7 Å². The van der Waals surface area contributed by atoms with Crippen LogP contribution in [0.25, 0.3) is 0 Å². The van der Waals surface area contributed by atoms with Gasteiger partial charge in [-0.2, -0.15) is 8.78 Å². The van der Waals surface area contributed by atoms with Crippen LogP contribution in [0.15, 0.2) is 22.7 Å². The molecule has 0 aromatic heterocycles. The molecule has 0 radical (unpaired) electrons. The van der Waals surface area contributed by atoms with Crippen molar-refractivity contribution in [3.05, 3.63) is 33.3 Å². The Labute approximate surface area is 108 Å². The molecule has 1 nitrogen and oxygen atoms in total. The van der Waals surface area contributed by atoms with Gasteiger partial charge in [0, 0.05) is 15.9 Å².